The van der Waals surface area contributed by atoms with Crippen molar-refractivity contribution < 1.29 is 28.7 Å². The molecule has 10 nitrogen and oxygen atoms in total. The van der Waals surface area contributed by atoms with Crippen molar-refractivity contribution in [1.82, 2.24) is 15.5 Å². The van der Waals surface area contributed by atoms with E-state index in [2.05, 4.69) is 17.6 Å². The van der Waals surface area contributed by atoms with E-state index in [1.807, 2.05) is 34.6 Å². The second-order valence-corrected chi connectivity index (χ2v) is 11.7. The van der Waals surface area contributed by atoms with E-state index in [1.54, 1.807) is 6.92 Å². The summed E-state index contributed by atoms with van der Waals surface area (Å²) in [6.07, 6.45) is 2.55. The maximum atomic E-state index is 12.6. The summed E-state index contributed by atoms with van der Waals surface area (Å²) in [6.45, 7) is 15.3. The lowest BCUT2D eigenvalue weighted by Crippen LogP contribution is -2.51. The normalized spacial score (nSPS) is 18.7. The minimum absolute atomic E-state index is 0.0354. The first-order chi connectivity index (χ1) is 17.2. The fourth-order valence-electron chi connectivity index (χ4n) is 4.29. The third kappa shape index (κ3) is 12.8. The third-order valence-electron chi connectivity index (χ3n) is 6.40. The Kier molecular flexibility index (Phi) is 13.7. The van der Waals surface area contributed by atoms with Crippen LogP contribution in [0, 0.1) is 17.3 Å². The Morgan fingerprint density at radius 3 is 2.41 bits per heavy atom. The van der Waals surface area contributed by atoms with Crippen molar-refractivity contribution in [1.29, 1.82) is 0 Å². The summed E-state index contributed by atoms with van der Waals surface area (Å²) in [4.78, 5) is 50.7. The van der Waals surface area contributed by atoms with Crippen LogP contribution >= 0.6 is 0 Å². The molecule has 0 bridgehead atoms. The van der Waals surface area contributed by atoms with E-state index in [1.165, 1.54) is 4.90 Å². The molecule has 1 rings (SSSR count). The van der Waals surface area contributed by atoms with Crippen LogP contribution < -0.4 is 16.4 Å². The smallest absolute Gasteiger partial charge is 0.233 e. The van der Waals surface area contributed by atoms with Gasteiger partial charge in [0.25, 0.3) is 0 Å². The number of nitrogens with two attached hydrogens (primary N) is 1. The number of carbonyl (C=O) groups is 4. The summed E-state index contributed by atoms with van der Waals surface area (Å²) < 4.78 is 11.2. The molecule has 37 heavy (non-hydrogen) atoms. The zero-order chi connectivity index (χ0) is 28.2. The van der Waals surface area contributed by atoms with Crippen molar-refractivity contribution in [3.05, 3.63) is 0 Å². The van der Waals surface area contributed by atoms with Crippen LogP contribution in [0.5, 0.6) is 0 Å². The number of nitrogens with one attached hydrogen (secondary N) is 2. The molecule has 0 aliphatic carbocycles. The molecule has 0 spiro atoms. The van der Waals surface area contributed by atoms with Gasteiger partial charge in [-0.3, -0.25) is 24.1 Å². The molecule has 3 atom stereocenters. The van der Waals surface area contributed by atoms with E-state index in [0.717, 1.165) is 12.8 Å². The van der Waals surface area contributed by atoms with Gasteiger partial charge in [-0.25, -0.2) is 0 Å². The lowest BCUT2D eigenvalue weighted by atomic mass is 9.89. The molecule has 10 heteroatoms. The molecular weight excluding hydrogens is 476 g/mol. The molecule has 1 heterocycles. The van der Waals surface area contributed by atoms with Gasteiger partial charge in [-0.1, -0.05) is 40.5 Å². The van der Waals surface area contributed by atoms with Gasteiger partial charge in [0.15, 0.2) is 0 Å². The number of hydrogen-bond acceptors (Lipinski definition) is 7. The van der Waals surface area contributed by atoms with Gasteiger partial charge < -0.3 is 25.8 Å². The van der Waals surface area contributed by atoms with Gasteiger partial charge in [0.1, 0.15) is 0 Å². The van der Waals surface area contributed by atoms with Crippen LogP contribution in [0.15, 0.2) is 0 Å². The van der Waals surface area contributed by atoms with Crippen LogP contribution in [0.2, 0.25) is 0 Å². The zero-order valence-corrected chi connectivity index (χ0v) is 24.0. The standard InChI is InChI=1S/C27H50N4O6/c1-8-9-20(4)21-14-24(34)31(25(21)35)12-10-22(32)30-16-27(7,28)18-36-17-26(5,6)15-23(33)29-11-13-37-19(2)3/h19-21H,8-18,28H2,1-7H3,(H,29,33)(H,30,32). The van der Waals surface area contributed by atoms with Crippen LogP contribution in [-0.2, 0) is 28.7 Å². The Balaban J connectivity index is 2.34. The van der Waals surface area contributed by atoms with Gasteiger partial charge in [-0.05, 0) is 32.1 Å². The molecule has 0 radical (unpaired) electrons. The predicted octanol–water partition coefficient (Wildman–Crippen LogP) is 2.00. The van der Waals surface area contributed by atoms with Gasteiger partial charge >= 0.3 is 0 Å². The highest BCUT2D eigenvalue weighted by atomic mass is 16.5. The minimum atomic E-state index is -0.817. The van der Waals surface area contributed by atoms with Gasteiger partial charge in [0.05, 0.1) is 31.5 Å². The van der Waals surface area contributed by atoms with Crippen molar-refractivity contribution in [3.63, 3.8) is 0 Å². The van der Waals surface area contributed by atoms with E-state index >= 15 is 0 Å². The van der Waals surface area contributed by atoms with E-state index in [4.69, 9.17) is 15.2 Å². The molecule has 1 saturated heterocycles. The lowest BCUT2D eigenvalue weighted by molar-refractivity contribution is -0.140. The first-order valence-corrected chi connectivity index (χ1v) is 13.5. The Hall–Kier alpha value is -2.04. The van der Waals surface area contributed by atoms with Crippen molar-refractivity contribution in [2.24, 2.45) is 23.0 Å². The molecule has 0 aromatic heterocycles. The van der Waals surface area contributed by atoms with Gasteiger partial charge in [0, 0.05) is 44.8 Å². The summed E-state index contributed by atoms with van der Waals surface area (Å²) in [6, 6.07) is 0. The molecule has 4 N–H and O–H groups in total. The Morgan fingerprint density at radius 2 is 1.78 bits per heavy atom. The summed E-state index contributed by atoms with van der Waals surface area (Å²) in [5.74, 6) is -0.847. The van der Waals surface area contributed by atoms with Crippen LogP contribution in [-0.4, -0.2) is 79.6 Å². The molecule has 1 aliphatic rings. The fraction of sp³-hybridized carbons (Fsp3) is 0.852. The monoisotopic (exact) mass is 526 g/mol. The van der Waals surface area contributed by atoms with Crippen LogP contribution in [0.25, 0.3) is 0 Å². The summed E-state index contributed by atoms with van der Waals surface area (Å²) in [5, 5.41) is 5.63. The van der Waals surface area contributed by atoms with Gasteiger partial charge in [-0.2, -0.15) is 0 Å². The van der Waals surface area contributed by atoms with Crippen molar-refractivity contribution in [2.45, 2.75) is 92.2 Å². The van der Waals surface area contributed by atoms with Crippen molar-refractivity contribution in [3.8, 4) is 0 Å². The SMILES string of the molecule is CCCC(C)C1CC(=O)N(CCC(=O)NCC(C)(N)COCC(C)(C)CC(=O)NCCOC(C)C)C1=O. The van der Waals surface area contributed by atoms with E-state index in [9.17, 15) is 19.2 Å². The second kappa shape index (κ2) is 15.4. The maximum absolute atomic E-state index is 12.6. The number of imide groups is 1. The Bertz CT molecular complexity index is 768. The highest BCUT2D eigenvalue weighted by Gasteiger charge is 2.40. The van der Waals surface area contributed by atoms with Crippen molar-refractivity contribution in [2.75, 3.05) is 39.5 Å². The molecule has 214 valence electrons. The van der Waals surface area contributed by atoms with Gasteiger partial charge in [-0.15, -0.1) is 0 Å². The molecule has 0 saturated carbocycles. The Labute approximate surface area is 222 Å². The number of carbonyl (C=O) groups excluding carboxylic acids is 4. The number of rotatable bonds is 18. The highest BCUT2D eigenvalue weighted by molar-refractivity contribution is 6.03. The van der Waals surface area contributed by atoms with Gasteiger partial charge in [0.2, 0.25) is 23.6 Å². The molecule has 1 fully saturated rings. The number of ether oxygens (including phenoxy) is 2. The highest BCUT2D eigenvalue weighted by Crippen LogP contribution is 2.29. The third-order valence-corrected chi connectivity index (χ3v) is 6.40. The van der Waals surface area contributed by atoms with Crippen molar-refractivity contribution >= 4 is 23.6 Å². The largest absolute Gasteiger partial charge is 0.379 e. The van der Waals surface area contributed by atoms with Crippen LogP contribution in [0.1, 0.15) is 80.6 Å². The number of nitrogens with zero attached hydrogens (tertiary/aromatic N) is 1. The van der Waals surface area contributed by atoms with Crippen LogP contribution in [0.3, 0.4) is 0 Å². The number of amides is 4. The molecule has 4 amide bonds. The second-order valence-electron chi connectivity index (χ2n) is 11.7. The first kappa shape index (κ1) is 33.0. The average Bonchev–Trinajstić information content (AvgIpc) is 3.06. The van der Waals surface area contributed by atoms with Crippen LogP contribution in [0.4, 0.5) is 0 Å². The molecule has 1 aliphatic heterocycles. The fourth-order valence-corrected chi connectivity index (χ4v) is 4.29. The number of likely N-dealkylation sites (tertiary alicyclic amines) is 1. The topological polar surface area (TPSA) is 140 Å². The average molecular weight is 527 g/mol. The zero-order valence-electron chi connectivity index (χ0n) is 24.0. The lowest BCUT2D eigenvalue weighted by Gasteiger charge is -2.29. The quantitative estimate of drug-likeness (QED) is 0.183. The molecule has 0 aromatic rings. The molecular formula is C27H50N4O6. The Morgan fingerprint density at radius 1 is 1.11 bits per heavy atom. The van der Waals surface area contributed by atoms with E-state index < -0.39 is 5.54 Å². The summed E-state index contributed by atoms with van der Waals surface area (Å²) in [5.41, 5.74) is 5.09. The maximum Gasteiger partial charge on any atom is 0.233 e. The summed E-state index contributed by atoms with van der Waals surface area (Å²) >= 11 is 0. The molecule has 0 aromatic carbocycles. The number of hydrogen-bond donors (Lipinski definition) is 3. The molecule has 3 unspecified atom stereocenters. The summed E-state index contributed by atoms with van der Waals surface area (Å²) in [7, 11) is 0. The van der Waals surface area contributed by atoms with E-state index in [-0.39, 0.29) is 79.5 Å². The predicted molar refractivity (Wildman–Crippen MR) is 142 cm³/mol. The minimum Gasteiger partial charge on any atom is -0.379 e. The first-order valence-electron chi connectivity index (χ1n) is 13.5. The van der Waals surface area contributed by atoms with E-state index in [0.29, 0.717) is 26.2 Å².